The fourth-order valence-electron chi connectivity index (χ4n) is 4.53. The number of para-hydroxylation sites is 1. The first kappa shape index (κ1) is 21.9. The van der Waals surface area contributed by atoms with E-state index >= 15 is 0 Å². The number of likely N-dealkylation sites (tertiary alicyclic amines) is 2. The highest BCUT2D eigenvalue weighted by Gasteiger charge is 2.31. The third-order valence-corrected chi connectivity index (χ3v) is 6.50. The summed E-state index contributed by atoms with van der Waals surface area (Å²) in [5.41, 5.74) is 0.513. The van der Waals surface area contributed by atoms with Gasteiger partial charge in [0.25, 0.3) is 5.91 Å². The molecule has 2 aliphatic rings. The fraction of sp³-hybridized carbons (Fsp3) is 0.458. The van der Waals surface area contributed by atoms with Crippen LogP contribution in [0.25, 0.3) is 0 Å². The minimum absolute atomic E-state index is 0.0326. The van der Waals surface area contributed by atoms with Gasteiger partial charge >= 0.3 is 0 Å². The van der Waals surface area contributed by atoms with Gasteiger partial charge in [-0.1, -0.05) is 23.7 Å². The summed E-state index contributed by atoms with van der Waals surface area (Å²) in [6.07, 6.45) is 3.69. The second-order valence-corrected chi connectivity index (χ2v) is 8.59. The SMILES string of the molecule is COc1ccc(Cl)cc1C(=O)N1CCC(N2CCC(Oc3ccccc3F)CC2)CC1. The Morgan fingerprint density at radius 3 is 2.39 bits per heavy atom. The molecule has 166 valence electrons. The molecular formula is C24H28ClFN2O3. The zero-order valence-electron chi connectivity index (χ0n) is 17.7. The van der Waals surface area contributed by atoms with E-state index in [9.17, 15) is 9.18 Å². The number of methoxy groups -OCH3 is 1. The van der Waals surface area contributed by atoms with Crippen molar-refractivity contribution in [3.8, 4) is 11.5 Å². The van der Waals surface area contributed by atoms with E-state index in [0.717, 1.165) is 38.8 Å². The van der Waals surface area contributed by atoms with Crippen LogP contribution in [0.5, 0.6) is 11.5 Å². The van der Waals surface area contributed by atoms with Crippen LogP contribution in [0, 0.1) is 5.82 Å². The molecule has 31 heavy (non-hydrogen) atoms. The molecule has 0 unspecified atom stereocenters. The summed E-state index contributed by atoms with van der Waals surface area (Å²) >= 11 is 6.09. The lowest BCUT2D eigenvalue weighted by atomic mass is 9.98. The second kappa shape index (κ2) is 9.88. The van der Waals surface area contributed by atoms with Crippen molar-refractivity contribution >= 4 is 17.5 Å². The molecule has 2 saturated heterocycles. The van der Waals surface area contributed by atoms with Crippen LogP contribution in [0.2, 0.25) is 5.02 Å². The van der Waals surface area contributed by atoms with Crippen LogP contribution in [0.15, 0.2) is 42.5 Å². The molecule has 0 N–H and O–H groups in total. The van der Waals surface area contributed by atoms with E-state index in [1.807, 2.05) is 4.90 Å². The van der Waals surface area contributed by atoms with E-state index in [2.05, 4.69) is 4.90 Å². The number of hydrogen-bond acceptors (Lipinski definition) is 4. The molecule has 0 bridgehead atoms. The Bertz CT molecular complexity index is 909. The van der Waals surface area contributed by atoms with Crippen LogP contribution < -0.4 is 9.47 Å². The van der Waals surface area contributed by atoms with Gasteiger partial charge in [0.05, 0.1) is 12.7 Å². The largest absolute Gasteiger partial charge is 0.496 e. The minimum atomic E-state index is -0.307. The van der Waals surface area contributed by atoms with Crippen molar-refractivity contribution < 1.29 is 18.7 Å². The Balaban J connectivity index is 1.27. The van der Waals surface area contributed by atoms with Gasteiger partial charge in [0, 0.05) is 37.2 Å². The first-order valence-electron chi connectivity index (χ1n) is 10.8. The average Bonchev–Trinajstić information content (AvgIpc) is 2.81. The number of piperidine rings is 2. The maximum absolute atomic E-state index is 13.8. The summed E-state index contributed by atoms with van der Waals surface area (Å²) in [7, 11) is 1.56. The normalized spacial score (nSPS) is 18.7. The Morgan fingerprint density at radius 2 is 1.71 bits per heavy atom. The van der Waals surface area contributed by atoms with Crippen molar-refractivity contribution in [2.24, 2.45) is 0 Å². The van der Waals surface area contributed by atoms with Gasteiger partial charge in [-0.15, -0.1) is 0 Å². The van der Waals surface area contributed by atoms with E-state index in [4.69, 9.17) is 21.1 Å². The van der Waals surface area contributed by atoms with Gasteiger partial charge in [-0.25, -0.2) is 4.39 Å². The molecule has 2 fully saturated rings. The number of amides is 1. The van der Waals surface area contributed by atoms with Gasteiger partial charge in [-0.2, -0.15) is 0 Å². The number of rotatable bonds is 5. The number of benzene rings is 2. The molecule has 0 radical (unpaired) electrons. The predicted octanol–water partition coefficient (Wildman–Crippen LogP) is 4.64. The van der Waals surface area contributed by atoms with Crippen molar-refractivity contribution in [1.82, 2.24) is 9.80 Å². The Kier molecular flexibility index (Phi) is 6.98. The monoisotopic (exact) mass is 446 g/mol. The molecule has 2 aromatic carbocycles. The van der Waals surface area contributed by atoms with Gasteiger partial charge in [-0.3, -0.25) is 9.69 Å². The first-order chi connectivity index (χ1) is 15.0. The number of hydrogen-bond donors (Lipinski definition) is 0. The number of nitrogens with zero attached hydrogens (tertiary/aromatic N) is 2. The Labute approximate surface area is 187 Å². The first-order valence-corrected chi connectivity index (χ1v) is 11.2. The van der Waals surface area contributed by atoms with E-state index in [-0.39, 0.29) is 17.8 Å². The number of ether oxygens (including phenoxy) is 2. The van der Waals surface area contributed by atoms with Crippen molar-refractivity contribution in [2.45, 2.75) is 37.8 Å². The highest BCUT2D eigenvalue weighted by Crippen LogP contribution is 2.28. The number of carbonyl (C=O) groups is 1. The zero-order chi connectivity index (χ0) is 21.8. The third-order valence-electron chi connectivity index (χ3n) is 6.27. The number of carbonyl (C=O) groups excluding carboxylic acids is 1. The summed E-state index contributed by atoms with van der Waals surface area (Å²) in [6.45, 7) is 3.29. The van der Waals surface area contributed by atoms with Gasteiger partial charge in [0.1, 0.15) is 11.9 Å². The van der Waals surface area contributed by atoms with Crippen LogP contribution in [-0.4, -0.2) is 61.1 Å². The molecular weight excluding hydrogens is 419 g/mol. The Morgan fingerprint density at radius 1 is 1.00 bits per heavy atom. The lowest BCUT2D eigenvalue weighted by Crippen LogP contribution is -2.50. The van der Waals surface area contributed by atoms with Crippen LogP contribution >= 0.6 is 11.6 Å². The molecule has 0 saturated carbocycles. The molecule has 0 aliphatic carbocycles. The van der Waals surface area contributed by atoms with Gasteiger partial charge in [0.2, 0.25) is 0 Å². The maximum atomic E-state index is 13.8. The molecule has 7 heteroatoms. The molecule has 5 nitrogen and oxygen atoms in total. The molecule has 2 aromatic rings. The Hall–Kier alpha value is -2.31. The smallest absolute Gasteiger partial charge is 0.257 e. The molecule has 2 aliphatic heterocycles. The van der Waals surface area contributed by atoms with E-state index in [0.29, 0.717) is 41.2 Å². The van der Waals surface area contributed by atoms with Crippen molar-refractivity contribution in [1.29, 1.82) is 0 Å². The highest BCUT2D eigenvalue weighted by molar-refractivity contribution is 6.31. The van der Waals surface area contributed by atoms with Crippen LogP contribution in [0.1, 0.15) is 36.0 Å². The molecule has 1 amide bonds. The minimum Gasteiger partial charge on any atom is -0.496 e. The molecule has 2 heterocycles. The van der Waals surface area contributed by atoms with E-state index < -0.39 is 0 Å². The van der Waals surface area contributed by atoms with E-state index in [1.165, 1.54) is 6.07 Å². The topological polar surface area (TPSA) is 42.0 Å². The van der Waals surface area contributed by atoms with Gasteiger partial charge in [0.15, 0.2) is 11.6 Å². The van der Waals surface area contributed by atoms with Crippen LogP contribution in [-0.2, 0) is 0 Å². The average molecular weight is 447 g/mol. The lowest BCUT2D eigenvalue weighted by molar-refractivity contribution is 0.0415. The summed E-state index contributed by atoms with van der Waals surface area (Å²) in [6, 6.07) is 12.2. The molecule has 0 atom stereocenters. The van der Waals surface area contributed by atoms with Crippen molar-refractivity contribution in [2.75, 3.05) is 33.3 Å². The standard InChI is InChI=1S/C24H28ClFN2O3/c1-30-22-7-6-17(25)16-20(22)24(29)28-12-8-18(9-13-28)27-14-10-19(11-15-27)31-23-5-3-2-4-21(23)26/h2-7,16,18-19H,8-15H2,1H3. The maximum Gasteiger partial charge on any atom is 0.257 e. The van der Waals surface area contributed by atoms with Crippen LogP contribution in [0.3, 0.4) is 0 Å². The van der Waals surface area contributed by atoms with Crippen LogP contribution in [0.4, 0.5) is 4.39 Å². The number of halogens is 2. The molecule has 0 aromatic heterocycles. The quantitative estimate of drug-likeness (QED) is 0.671. The fourth-order valence-corrected chi connectivity index (χ4v) is 4.70. The molecule has 0 spiro atoms. The van der Waals surface area contributed by atoms with Gasteiger partial charge < -0.3 is 14.4 Å². The summed E-state index contributed by atoms with van der Waals surface area (Å²) in [4.78, 5) is 17.4. The second-order valence-electron chi connectivity index (χ2n) is 8.15. The van der Waals surface area contributed by atoms with E-state index in [1.54, 1.807) is 43.5 Å². The van der Waals surface area contributed by atoms with Crippen molar-refractivity contribution in [3.05, 3.63) is 58.9 Å². The predicted molar refractivity (Wildman–Crippen MR) is 119 cm³/mol. The summed E-state index contributed by atoms with van der Waals surface area (Å²) in [5.74, 6) is 0.547. The zero-order valence-corrected chi connectivity index (χ0v) is 18.5. The highest BCUT2D eigenvalue weighted by atomic mass is 35.5. The van der Waals surface area contributed by atoms with Crippen molar-refractivity contribution in [3.63, 3.8) is 0 Å². The third kappa shape index (κ3) is 5.13. The summed E-state index contributed by atoms with van der Waals surface area (Å²) < 4.78 is 25.0. The summed E-state index contributed by atoms with van der Waals surface area (Å²) in [5, 5.41) is 0.527. The van der Waals surface area contributed by atoms with Gasteiger partial charge in [-0.05, 0) is 56.0 Å². The molecule has 4 rings (SSSR count). The lowest BCUT2D eigenvalue weighted by Gasteiger charge is -2.41.